The van der Waals surface area contributed by atoms with Gasteiger partial charge in [-0.25, -0.2) is 0 Å². The molecule has 0 saturated carbocycles. The van der Waals surface area contributed by atoms with Gasteiger partial charge in [0.15, 0.2) is 6.10 Å². The number of rotatable bonds is 19. The van der Waals surface area contributed by atoms with Gasteiger partial charge in [-0.1, -0.05) is 91.0 Å². The minimum Gasteiger partial charge on any atom is -0.487 e. The van der Waals surface area contributed by atoms with Gasteiger partial charge in [0.25, 0.3) is 5.91 Å². The van der Waals surface area contributed by atoms with Crippen LogP contribution in [0.5, 0.6) is 5.75 Å². The van der Waals surface area contributed by atoms with E-state index in [0.717, 1.165) is 11.1 Å². The Labute approximate surface area is 258 Å². The molecule has 2 amide bonds. The molecule has 3 aromatic rings. The van der Waals surface area contributed by atoms with Crippen LogP contribution in [0.2, 0.25) is 5.02 Å². The molecule has 43 heavy (non-hydrogen) atoms. The molecule has 0 aliphatic carbocycles. The van der Waals surface area contributed by atoms with Gasteiger partial charge < -0.3 is 19.7 Å². The molecule has 0 bridgehead atoms. The SMILES string of the molecule is C=CCOc1cc(Cl)ccc1NO[C@H](Cc1ccccc1)C(=O)N[C@H](C=O)CCC(=O)N(CC=C)CCc1ccccc1. The Hall–Kier alpha value is -4.40. The summed E-state index contributed by atoms with van der Waals surface area (Å²) in [6.07, 6.45) is 4.07. The van der Waals surface area contributed by atoms with Crippen molar-refractivity contribution in [2.45, 2.75) is 37.8 Å². The lowest BCUT2D eigenvalue weighted by Gasteiger charge is -2.23. The summed E-state index contributed by atoms with van der Waals surface area (Å²) >= 11 is 6.12. The van der Waals surface area contributed by atoms with Crippen molar-refractivity contribution in [1.82, 2.24) is 10.2 Å². The summed E-state index contributed by atoms with van der Waals surface area (Å²) in [5.41, 5.74) is 5.26. The quantitative estimate of drug-likeness (QED) is 0.105. The number of hydrogen-bond acceptors (Lipinski definition) is 6. The number of anilines is 1. The lowest BCUT2D eigenvalue weighted by Crippen LogP contribution is -2.45. The molecule has 2 N–H and O–H groups in total. The Balaban J connectivity index is 1.64. The highest BCUT2D eigenvalue weighted by Gasteiger charge is 2.25. The number of nitrogens with one attached hydrogen (secondary N) is 2. The third-order valence-corrected chi connectivity index (χ3v) is 6.78. The summed E-state index contributed by atoms with van der Waals surface area (Å²) in [6, 6.07) is 23.3. The average molecular weight is 604 g/mol. The molecule has 0 spiro atoms. The highest BCUT2D eigenvalue weighted by Crippen LogP contribution is 2.28. The predicted octanol–water partition coefficient (Wildman–Crippen LogP) is 5.58. The lowest BCUT2D eigenvalue weighted by atomic mass is 10.1. The van der Waals surface area contributed by atoms with Gasteiger partial charge in [-0.15, -0.1) is 6.58 Å². The molecule has 8 nitrogen and oxygen atoms in total. The van der Waals surface area contributed by atoms with E-state index < -0.39 is 18.1 Å². The first kappa shape index (κ1) is 33.1. The van der Waals surface area contributed by atoms with Crippen molar-refractivity contribution in [3.05, 3.63) is 120 Å². The molecule has 226 valence electrons. The van der Waals surface area contributed by atoms with Crippen molar-refractivity contribution in [3.8, 4) is 5.75 Å². The largest absolute Gasteiger partial charge is 0.487 e. The number of aldehydes is 1. The Kier molecular flexibility index (Phi) is 14.0. The molecule has 3 rings (SSSR count). The van der Waals surface area contributed by atoms with Crippen LogP contribution < -0.4 is 15.5 Å². The second kappa shape index (κ2) is 18.2. The van der Waals surface area contributed by atoms with Crippen LogP contribution in [0.1, 0.15) is 24.0 Å². The molecule has 0 heterocycles. The van der Waals surface area contributed by atoms with Crippen LogP contribution >= 0.6 is 11.6 Å². The zero-order chi connectivity index (χ0) is 30.9. The number of ether oxygens (including phenoxy) is 1. The summed E-state index contributed by atoms with van der Waals surface area (Å²) in [5, 5.41) is 3.21. The summed E-state index contributed by atoms with van der Waals surface area (Å²) in [6.45, 7) is 8.58. The molecule has 0 aromatic heterocycles. The fraction of sp³-hybridized carbons (Fsp3) is 0.265. The number of benzene rings is 3. The van der Waals surface area contributed by atoms with Crippen molar-refractivity contribution >= 4 is 35.4 Å². The van der Waals surface area contributed by atoms with E-state index in [9.17, 15) is 14.4 Å². The van der Waals surface area contributed by atoms with Crippen LogP contribution in [-0.2, 0) is 32.1 Å². The highest BCUT2D eigenvalue weighted by molar-refractivity contribution is 6.30. The zero-order valence-corrected chi connectivity index (χ0v) is 24.9. The number of hydrogen-bond donors (Lipinski definition) is 2. The molecule has 9 heteroatoms. The smallest absolute Gasteiger partial charge is 0.252 e. The van der Waals surface area contributed by atoms with E-state index in [4.69, 9.17) is 21.2 Å². The molecule has 0 aliphatic heterocycles. The van der Waals surface area contributed by atoms with E-state index in [2.05, 4.69) is 24.0 Å². The maximum atomic E-state index is 13.4. The van der Waals surface area contributed by atoms with Gasteiger partial charge in [-0.05, 0) is 36.1 Å². The number of nitrogens with zero attached hydrogens (tertiary/aromatic N) is 1. The van der Waals surface area contributed by atoms with Crippen molar-refractivity contribution in [1.29, 1.82) is 0 Å². The fourth-order valence-corrected chi connectivity index (χ4v) is 4.43. The molecule has 2 atom stereocenters. The van der Waals surface area contributed by atoms with E-state index in [1.807, 2.05) is 60.7 Å². The lowest BCUT2D eigenvalue weighted by molar-refractivity contribution is -0.134. The van der Waals surface area contributed by atoms with Crippen LogP contribution in [-0.4, -0.2) is 54.8 Å². The van der Waals surface area contributed by atoms with E-state index in [-0.39, 0.29) is 31.8 Å². The molecule has 3 aromatic carbocycles. The predicted molar refractivity (Wildman–Crippen MR) is 170 cm³/mol. The normalized spacial score (nSPS) is 11.9. The van der Waals surface area contributed by atoms with E-state index >= 15 is 0 Å². The standard InChI is InChI=1S/C34H38ClN3O5/c1-3-20-38(21-19-26-11-7-5-8-12-26)33(40)18-16-29(25-39)36-34(41)32(23-27-13-9-6-10-14-27)43-37-30-17-15-28(35)24-31(30)42-22-4-2/h3-15,17,24-25,29,32,37H,1-2,16,18-23H2,(H,36,41)/t29-,32+/m0/s1. The topological polar surface area (TPSA) is 97.0 Å². The van der Waals surface area contributed by atoms with E-state index in [1.165, 1.54) is 0 Å². The van der Waals surface area contributed by atoms with Crippen molar-refractivity contribution < 1.29 is 24.0 Å². The van der Waals surface area contributed by atoms with Gasteiger partial charge in [0.05, 0.1) is 6.04 Å². The Morgan fingerprint density at radius 3 is 2.30 bits per heavy atom. The van der Waals surface area contributed by atoms with Gasteiger partial charge in [-0.2, -0.15) is 0 Å². The number of carbonyl (C=O) groups excluding carboxylic acids is 3. The number of amides is 2. The van der Waals surface area contributed by atoms with Crippen molar-refractivity contribution in [2.24, 2.45) is 0 Å². The second-order valence-electron chi connectivity index (χ2n) is 9.79. The molecule has 0 aliphatic rings. The third kappa shape index (κ3) is 11.4. The van der Waals surface area contributed by atoms with Gasteiger partial charge >= 0.3 is 0 Å². The van der Waals surface area contributed by atoms with Gasteiger partial charge in [-0.3, -0.25) is 19.9 Å². The summed E-state index contributed by atoms with van der Waals surface area (Å²) < 4.78 is 5.66. The number of carbonyl (C=O) groups is 3. The maximum Gasteiger partial charge on any atom is 0.252 e. The molecule has 0 radical (unpaired) electrons. The summed E-state index contributed by atoms with van der Waals surface area (Å²) in [7, 11) is 0. The molecular weight excluding hydrogens is 566 g/mol. The van der Waals surface area contributed by atoms with Crippen LogP contribution in [0.25, 0.3) is 0 Å². The molecule has 0 fully saturated rings. The first-order valence-electron chi connectivity index (χ1n) is 14.1. The summed E-state index contributed by atoms with van der Waals surface area (Å²) in [4.78, 5) is 45.9. The Morgan fingerprint density at radius 1 is 0.953 bits per heavy atom. The van der Waals surface area contributed by atoms with Crippen molar-refractivity contribution in [2.75, 3.05) is 25.2 Å². The summed E-state index contributed by atoms with van der Waals surface area (Å²) in [5.74, 6) is -0.201. The number of halogens is 1. The second-order valence-corrected chi connectivity index (χ2v) is 10.2. The first-order valence-corrected chi connectivity index (χ1v) is 14.5. The first-order chi connectivity index (χ1) is 20.9. The van der Waals surface area contributed by atoms with Crippen LogP contribution in [0, 0.1) is 0 Å². The fourth-order valence-electron chi connectivity index (χ4n) is 4.27. The van der Waals surface area contributed by atoms with E-state index in [1.54, 1.807) is 35.3 Å². The molecule has 0 unspecified atom stereocenters. The Morgan fingerprint density at radius 2 is 1.65 bits per heavy atom. The van der Waals surface area contributed by atoms with Gasteiger partial charge in [0, 0.05) is 37.0 Å². The van der Waals surface area contributed by atoms with Crippen LogP contribution in [0.15, 0.2) is 104 Å². The minimum atomic E-state index is -1.01. The third-order valence-electron chi connectivity index (χ3n) is 6.54. The van der Waals surface area contributed by atoms with E-state index in [0.29, 0.717) is 42.3 Å². The zero-order valence-electron chi connectivity index (χ0n) is 24.1. The highest BCUT2D eigenvalue weighted by atomic mass is 35.5. The monoisotopic (exact) mass is 603 g/mol. The molecule has 0 saturated heterocycles. The maximum absolute atomic E-state index is 13.4. The molecular formula is C34H38ClN3O5. The van der Waals surface area contributed by atoms with Crippen LogP contribution in [0.4, 0.5) is 5.69 Å². The average Bonchev–Trinajstić information content (AvgIpc) is 3.03. The Bertz CT molecular complexity index is 1340. The minimum absolute atomic E-state index is 0.0869. The van der Waals surface area contributed by atoms with Gasteiger partial charge in [0.2, 0.25) is 5.91 Å². The van der Waals surface area contributed by atoms with Crippen molar-refractivity contribution in [3.63, 3.8) is 0 Å². The van der Waals surface area contributed by atoms with Crippen LogP contribution in [0.3, 0.4) is 0 Å². The van der Waals surface area contributed by atoms with Gasteiger partial charge in [0.1, 0.15) is 24.3 Å².